The highest BCUT2D eigenvalue weighted by Gasteiger charge is 2.31. The van der Waals surface area contributed by atoms with Gasteiger partial charge in [0.2, 0.25) is 0 Å². The van der Waals surface area contributed by atoms with Gasteiger partial charge in [0.1, 0.15) is 17.3 Å². The third kappa shape index (κ3) is 5.33. The summed E-state index contributed by atoms with van der Waals surface area (Å²) in [4.78, 5) is 1.36. The number of benzene rings is 2. The fourth-order valence-electron chi connectivity index (χ4n) is 2.36. The molecular formula is C21H25OS+. The molecule has 0 bridgehead atoms. The fraction of sp³-hybridized carbons (Fsp3) is 0.238. The maximum atomic E-state index is 9.28. The molecule has 2 aromatic rings. The van der Waals surface area contributed by atoms with E-state index < -0.39 is 0 Å². The molecule has 1 aliphatic heterocycles. The molecule has 0 saturated carbocycles. The summed E-state index contributed by atoms with van der Waals surface area (Å²) in [6.45, 7) is 6.18. The van der Waals surface area contributed by atoms with E-state index in [9.17, 15) is 5.11 Å². The van der Waals surface area contributed by atoms with Crippen molar-refractivity contribution >= 4 is 10.9 Å². The van der Waals surface area contributed by atoms with E-state index in [1.165, 1.54) is 21.6 Å². The highest BCUT2D eigenvalue weighted by atomic mass is 32.2. The van der Waals surface area contributed by atoms with Crippen LogP contribution < -0.4 is 0 Å². The number of phenols is 1. The number of allylic oxidation sites excluding steroid dienone is 4. The van der Waals surface area contributed by atoms with Crippen molar-refractivity contribution in [2.45, 2.75) is 37.2 Å². The van der Waals surface area contributed by atoms with Crippen LogP contribution in [0.5, 0.6) is 5.75 Å². The molecule has 2 heteroatoms. The minimum atomic E-state index is 0.293. The molecule has 0 amide bonds. The lowest BCUT2D eigenvalue weighted by atomic mass is 10.1. The number of rotatable bonds is 2. The molecule has 0 radical (unpaired) electrons. The Bertz CT molecular complexity index is 654. The highest BCUT2D eigenvalue weighted by Crippen LogP contribution is 2.32. The van der Waals surface area contributed by atoms with Crippen molar-refractivity contribution in [3.8, 4) is 5.75 Å². The van der Waals surface area contributed by atoms with Gasteiger partial charge in [0.25, 0.3) is 0 Å². The Kier molecular flexibility index (Phi) is 6.54. The topological polar surface area (TPSA) is 20.2 Å². The lowest BCUT2D eigenvalue weighted by Gasteiger charge is -1.99. The van der Waals surface area contributed by atoms with Gasteiger partial charge in [-0.2, -0.15) is 0 Å². The van der Waals surface area contributed by atoms with Crippen molar-refractivity contribution in [3.05, 3.63) is 83.5 Å². The minimum Gasteiger partial charge on any atom is -0.508 e. The standard InChI is InChI=1S/C14H12OS.C7H12/c15-13-5-7-14(8-6-13)16-9-11-3-1-2-4-12(11)10-16;1-4-5-6-7(2)3/h1-8H,9-10H2;4-6H,1-3H3/p+1/b;5-4-. The predicted octanol–water partition coefficient (Wildman–Crippen LogP) is 5.61. The van der Waals surface area contributed by atoms with Gasteiger partial charge in [-0.25, -0.2) is 0 Å². The molecule has 0 unspecified atom stereocenters. The van der Waals surface area contributed by atoms with Gasteiger partial charge in [0.15, 0.2) is 4.90 Å². The average molecular weight is 325 g/mol. The van der Waals surface area contributed by atoms with Gasteiger partial charge in [-0.15, -0.1) is 0 Å². The molecule has 1 heterocycles. The third-order valence-electron chi connectivity index (χ3n) is 3.57. The quantitative estimate of drug-likeness (QED) is 0.562. The van der Waals surface area contributed by atoms with Crippen LogP contribution in [0.2, 0.25) is 0 Å². The van der Waals surface area contributed by atoms with Crippen LogP contribution in [0.15, 0.2) is 77.2 Å². The van der Waals surface area contributed by atoms with Crippen LogP contribution in [0.3, 0.4) is 0 Å². The first kappa shape index (κ1) is 17.4. The number of fused-ring (bicyclic) bond motifs is 1. The van der Waals surface area contributed by atoms with Crippen molar-refractivity contribution in [1.82, 2.24) is 0 Å². The van der Waals surface area contributed by atoms with Crippen LogP contribution in [-0.2, 0) is 22.4 Å². The molecule has 0 saturated heterocycles. The predicted molar refractivity (Wildman–Crippen MR) is 102 cm³/mol. The Morgan fingerprint density at radius 1 is 0.957 bits per heavy atom. The molecular weight excluding hydrogens is 300 g/mol. The zero-order chi connectivity index (χ0) is 16.7. The van der Waals surface area contributed by atoms with Gasteiger partial charge < -0.3 is 5.11 Å². The van der Waals surface area contributed by atoms with E-state index >= 15 is 0 Å². The Labute approximate surface area is 142 Å². The monoisotopic (exact) mass is 325 g/mol. The molecule has 0 aliphatic carbocycles. The second-order valence-electron chi connectivity index (χ2n) is 5.81. The van der Waals surface area contributed by atoms with Gasteiger partial charge in [-0.3, -0.25) is 0 Å². The maximum absolute atomic E-state index is 9.28. The lowest BCUT2D eigenvalue weighted by Crippen LogP contribution is -2.00. The molecule has 1 nitrogen and oxygen atoms in total. The van der Waals surface area contributed by atoms with E-state index in [1.807, 2.05) is 31.2 Å². The van der Waals surface area contributed by atoms with E-state index in [2.05, 4.69) is 44.2 Å². The summed E-state index contributed by atoms with van der Waals surface area (Å²) in [5.41, 5.74) is 4.32. The maximum Gasteiger partial charge on any atom is 0.155 e. The summed E-state index contributed by atoms with van der Waals surface area (Å²) in [6.07, 6.45) is 6.14. The van der Waals surface area contributed by atoms with Crippen LogP contribution >= 0.6 is 0 Å². The zero-order valence-corrected chi connectivity index (χ0v) is 14.9. The van der Waals surface area contributed by atoms with E-state index in [4.69, 9.17) is 0 Å². The summed E-state index contributed by atoms with van der Waals surface area (Å²) in [5, 5.41) is 9.28. The van der Waals surface area contributed by atoms with Crippen LogP contribution in [0.4, 0.5) is 0 Å². The SMILES string of the molecule is C/C=C\C=C(C)C.Oc1ccc([S+]2Cc3ccccc3C2)cc1. The lowest BCUT2D eigenvalue weighted by molar-refractivity contribution is 0.475. The van der Waals surface area contributed by atoms with Crippen LogP contribution in [-0.4, -0.2) is 5.11 Å². The summed E-state index contributed by atoms with van der Waals surface area (Å²) in [5.74, 6) is 2.66. The summed E-state index contributed by atoms with van der Waals surface area (Å²) in [7, 11) is 0.293. The molecule has 1 aliphatic rings. The summed E-state index contributed by atoms with van der Waals surface area (Å²) >= 11 is 0. The largest absolute Gasteiger partial charge is 0.508 e. The van der Waals surface area contributed by atoms with E-state index in [-0.39, 0.29) is 0 Å². The first-order chi connectivity index (χ1) is 11.1. The second-order valence-corrected chi connectivity index (χ2v) is 7.85. The average Bonchev–Trinajstić information content (AvgIpc) is 2.98. The zero-order valence-electron chi connectivity index (χ0n) is 14.1. The third-order valence-corrected chi connectivity index (χ3v) is 5.83. The van der Waals surface area contributed by atoms with Crippen molar-refractivity contribution < 1.29 is 5.11 Å². The number of phenolic OH excluding ortho intramolecular Hbond substituents is 1. The molecule has 0 aromatic heterocycles. The van der Waals surface area contributed by atoms with E-state index in [0.29, 0.717) is 16.6 Å². The smallest absolute Gasteiger partial charge is 0.155 e. The van der Waals surface area contributed by atoms with Crippen molar-refractivity contribution in [3.63, 3.8) is 0 Å². The first-order valence-corrected chi connectivity index (χ1v) is 9.46. The first-order valence-electron chi connectivity index (χ1n) is 7.89. The molecule has 23 heavy (non-hydrogen) atoms. The minimum absolute atomic E-state index is 0.293. The molecule has 0 fully saturated rings. The molecule has 1 N–H and O–H groups in total. The van der Waals surface area contributed by atoms with Gasteiger partial charge in [0, 0.05) is 22.0 Å². The van der Waals surface area contributed by atoms with E-state index in [1.54, 1.807) is 12.1 Å². The van der Waals surface area contributed by atoms with E-state index in [0.717, 1.165) is 11.5 Å². The Morgan fingerprint density at radius 3 is 1.96 bits per heavy atom. The Morgan fingerprint density at radius 2 is 1.52 bits per heavy atom. The second kappa shape index (κ2) is 8.64. The number of hydrogen-bond acceptors (Lipinski definition) is 1. The van der Waals surface area contributed by atoms with Crippen LogP contribution in [0.1, 0.15) is 31.9 Å². The molecule has 0 atom stereocenters. The van der Waals surface area contributed by atoms with Crippen molar-refractivity contribution in [2.75, 3.05) is 0 Å². The van der Waals surface area contributed by atoms with Crippen molar-refractivity contribution in [2.24, 2.45) is 0 Å². The van der Waals surface area contributed by atoms with Gasteiger partial charge in [-0.1, -0.05) is 48.1 Å². The Hall–Kier alpha value is -1.93. The van der Waals surface area contributed by atoms with Crippen molar-refractivity contribution in [1.29, 1.82) is 0 Å². The molecule has 0 spiro atoms. The highest BCUT2D eigenvalue weighted by molar-refractivity contribution is 7.95. The van der Waals surface area contributed by atoms with Gasteiger partial charge in [-0.05, 0) is 45.0 Å². The number of hydrogen-bond donors (Lipinski definition) is 1. The Balaban J connectivity index is 0.000000236. The van der Waals surface area contributed by atoms with Gasteiger partial charge >= 0.3 is 0 Å². The number of aromatic hydroxyl groups is 1. The van der Waals surface area contributed by atoms with Crippen LogP contribution in [0, 0.1) is 0 Å². The molecule has 120 valence electrons. The van der Waals surface area contributed by atoms with Gasteiger partial charge in [0.05, 0.1) is 0 Å². The fourth-order valence-corrected chi connectivity index (χ4v) is 4.63. The normalized spacial score (nSPS) is 13.3. The summed E-state index contributed by atoms with van der Waals surface area (Å²) in [6, 6.07) is 16.3. The molecule has 2 aromatic carbocycles. The summed E-state index contributed by atoms with van der Waals surface area (Å²) < 4.78 is 0. The van der Waals surface area contributed by atoms with Crippen LogP contribution in [0.25, 0.3) is 0 Å². The molecule has 3 rings (SSSR count).